The summed E-state index contributed by atoms with van der Waals surface area (Å²) in [5.41, 5.74) is 0.827. The lowest BCUT2D eigenvalue weighted by molar-refractivity contribution is 0.328. The van der Waals surface area contributed by atoms with Crippen LogP contribution in [0.3, 0.4) is 0 Å². The second kappa shape index (κ2) is 3.90. The average Bonchev–Trinajstić information content (AvgIpc) is 2.67. The molecule has 2 rings (SSSR count). The lowest BCUT2D eigenvalue weighted by Crippen LogP contribution is -2.32. The SMILES string of the molecule is O=S(=O)(O)N1CCNC1c1ccccc1. The monoisotopic (exact) mass is 228 g/mol. The highest BCUT2D eigenvalue weighted by Gasteiger charge is 2.33. The van der Waals surface area contributed by atoms with E-state index in [-0.39, 0.29) is 0 Å². The first kappa shape index (κ1) is 10.6. The molecule has 0 amide bonds. The first-order valence-corrected chi connectivity index (χ1v) is 6.01. The normalized spacial score (nSPS) is 23.1. The second-order valence-corrected chi connectivity index (χ2v) is 4.72. The maximum atomic E-state index is 11.1. The van der Waals surface area contributed by atoms with Gasteiger partial charge in [0, 0.05) is 13.1 Å². The zero-order chi connectivity index (χ0) is 10.9. The standard InChI is InChI=1S/C9H12N2O3S/c12-15(13,14)11-7-6-10-9(11)8-4-2-1-3-5-8/h1-5,9-10H,6-7H2,(H,12,13,14). The summed E-state index contributed by atoms with van der Waals surface area (Å²) in [4.78, 5) is 0. The van der Waals surface area contributed by atoms with Gasteiger partial charge in [-0.1, -0.05) is 30.3 Å². The van der Waals surface area contributed by atoms with Crippen molar-refractivity contribution in [1.82, 2.24) is 9.62 Å². The molecular formula is C9H12N2O3S. The van der Waals surface area contributed by atoms with Gasteiger partial charge in [-0.3, -0.25) is 9.87 Å². The molecule has 1 aromatic rings. The van der Waals surface area contributed by atoms with Gasteiger partial charge in [0.05, 0.1) is 0 Å². The molecule has 1 heterocycles. The molecule has 1 atom stereocenters. The molecule has 1 unspecified atom stereocenters. The molecule has 0 aromatic heterocycles. The predicted octanol–water partition coefficient (Wildman–Crippen LogP) is 0.393. The van der Waals surface area contributed by atoms with E-state index in [1.54, 1.807) is 0 Å². The lowest BCUT2D eigenvalue weighted by atomic mass is 10.2. The van der Waals surface area contributed by atoms with Crippen LogP contribution in [0.25, 0.3) is 0 Å². The molecule has 1 saturated heterocycles. The van der Waals surface area contributed by atoms with Gasteiger partial charge in [-0.05, 0) is 5.56 Å². The van der Waals surface area contributed by atoms with Crippen molar-refractivity contribution in [1.29, 1.82) is 0 Å². The van der Waals surface area contributed by atoms with Gasteiger partial charge in [0.15, 0.2) is 0 Å². The Balaban J connectivity index is 2.30. The van der Waals surface area contributed by atoms with E-state index in [2.05, 4.69) is 5.32 Å². The van der Waals surface area contributed by atoms with Crippen LogP contribution < -0.4 is 5.32 Å². The van der Waals surface area contributed by atoms with E-state index in [0.717, 1.165) is 9.87 Å². The van der Waals surface area contributed by atoms with E-state index in [4.69, 9.17) is 4.55 Å². The number of benzene rings is 1. The Hall–Kier alpha value is -0.950. The summed E-state index contributed by atoms with van der Waals surface area (Å²) in [5, 5.41) is 3.02. The fraction of sp³-hybridized carbons (Fsp3) is 0.333. The molecule has 0 saturated carbocycles. The van der Waals surface area contributed by atoms with E-state index in [9.17, 15) is 8.42 Å². The van der Waals surface area contributed by atoms with Crippen LogP contribution in [0.15, 0.2) is 30.3 Å². The van der Waals surface area contributed by atoms with Crippen LogP contribution in [-0.4, -0.2) is 30.4 Å². The van der Waals surface area contributed by atoms with Crippen LogP contribution in [0.1, 0.15) is 11.7 Å². The van der Waals surface area contributed by atoms with Crippen molar-refractivity contribution in [3.8, 4) is 0 Å². The third-order valence-corrected chi connectivity index (χ3v) is 3.36. The summed E-state index contributed by atoms with van der Waals surface area (Å²) in [6, 6.07) is 9.16. The van der Waals surface area contributed by atoms with Crippen molar-refractivity contribution in [2.75, 3.05) is 13.1 Å². The van der Waals surface area contributed by atoms with E-state index in [1.165, 1.54) is 0 Å². The summed E-state index contributed by atoms with van der Waals surface area (Å²) >= 11 is 0. The highest BCUT2D eigenvalue weighted by atomic mass is 32.2. The molecule has 1 aliphatic rings. The molecule has 2 N–H and O–H groups in total. The topological polar surface area (TPSA) is 69.6 Å². The Bertz CT molecular complexity index is 432. The lowest BCUT2D eigenvalue weighted by Gasteiger charge is -2.20. The van der Waals surface area contributed by atoms with Crippen molar-refractivity contribution < 1.29 is 13.0 Å². The molecule has 6 heteroatoms. The van der Waals surface area contributed by atoms with Gasteiger partial charge in [-0.25, -0.2) is 0 Å². The number of rotatable bonds is 2. The molecule has 1 aromatic carbocycles. The van der Waals surface area contributed by atoms with Crippen LogP contribution in [0, 0.1) is 0 Å². The van der Waals surface area contributed by atoms with E-state index in [0.29, 0.717) is 13.1 Å². The quantitative estimate of drug-likeness (QED) is 0.719. The van der Waals surface area contributed by atoms with Gasteiger partial charge in [0.25, 0.3) is 0 Å². The van der Waals surface area contributed by atoms with Gasteiger partial charge in [-0.2, -0.15) is 12.7 Å². The Morgan fingerprint density at radius 1 is 1.33 bits per heavy atom. The highest BCUT2D eigenvalue weighted by Crippen LogP contribution is 2.23. The largest absolute Gasteiger partial charge is 0.337 e. The van der Waals surface area contributed by atoms with Crippen LogP contribution in [0.4, 0.5) is 0 Å². The highest BCUT2D eigenvalue weighted by molar-refractivity contribution is 7.83. The second-order valence-electron chi connectivity index (χ2n) is 3.36. The van der Waals surface area contributed by atoms with Crippen LogP contribution >= 0.6 is 0 Å². The smallest absolute Gasteiger partial charge is 0.296 e. The van der Waals surface area contributed by atoms with Crippen LogP contribution in [0.2, 0.25) is 0 Å². The Morgan fingerprint density at radius 3 is 2.60 bits per heavy atom. The fourth-order valence-electron chi connectivity index (χ4n) is 1.71. The molecule has 0 aliphatic carbocycles. The summed E-state index contributed by atoms with van der Waals surface area (Å²) in [6.45, 7) is 0.831. The molecule has 0 radical (unpaired) electrons. The van der Waals surface area contributed by atoms with Crippen molar-refractivity contribution in [3.05, 3.63) is 35.9 Å². The van der Waals surface area contributed by atoms with E-state index >= 15 is 0 Å². The first-order chi connectivity index (χ1) is 7.09. The number of nitrogens with one attached hydrogen (secondary N) is 1. The van der Waals surface area contributed by atoms with Crippen molar-refractivity contribution >= 4 is 10.3 Å². The Kier molecular flexibility index (Phi) is 2.74. The van der Waals surface area contributed by atoms with Crippen molar-refractivity contribution in [2.45, 2.75) is 6.17 Å². The molecule has 1 fully saturated rings. The zero-order valence-corrected chi connectivity index (χ0v) is 8.81. The van der Waals surface area contributed by atoms with Crippen molar-refractivity contribution in [2.24, 2.45) is 0 Å². The van der Waals surface area contributed by atoms with Gasteiger partial charge < -0.3 is 0 Å². The summed E-state index contributed by atoms with van der Waals surface area (Å²) in [5.74, 6) is 0. The van der Waals surface area contributed by atoms with Gasteiger partial charge in [0.2, 0.25) is 0 Å². The summed E-state index contributed by atoms with van der Waals surface area (Å²) < 4.78 is 32.2. The van der Waals surface area contributed by atoms with Gasteiger partial charge >= 0.3 is 10.3 Å². The van der Waals surface area contributed by atoms with E-state index in [1.807, 2.05) is 30.3 Å². The summed E-state index contributed by atoms with van der Waals surface area (Å²) in [6.07, 6.45) is -0.457. The Labute approximate surface area is 88.6 Å². The molecule has 0 bridgehead atoms. The maximum absolute atomic E-state index is 11.1. The minimum atomic E-state index is -4.13. The molecular weight excluding hydrogens is 216 g/mol. The molecule has 1 aliphatic heterocycles. The Morgan fingerprint density at radius 2 is 2.00 bits per heavy atom. The fourth-order valence-corrected chi connectivity index (χ4v) is 2.50. The van der Waals surface area contributed by atoms with E-state index < -0.39 is 16.5 Å². The molecule has 0 spiro atoms. The number of nitrogens with zero attached hydrogens (tertiary/aromatic N) is 1. The van der Waals surface area contributed by atoms with Crippen molar-refractivity contribution in [3.63, 3.8) is 0 Å². The minimum Gasteiger partial charge on any atom is -0.296 e. The zero-order valence-electron chi connectivity index (χ0n) is 8.00. The molecule has 82 valence electrons. The van der Waals surface area contributed by atoms with Crippen LogP contribution in [0.5, 0.6) is 0 Å². The maximum Gasteiger partial charge on any atom is 0.337 e. The third-order valence-electron chi connectivity index (χ3n) is 2.37. The minimum absolute atomic E-state index is 0.290. The third kappa shape index (κ3) is 2.18. The van der Waals surface area contributed by atoms with Crippen LogP contribution in [-0.2, 0) is 10.3 Å². The first-order valence-electron chi connectivity index (χ1n) is 4.61. The average molecular weight is 228 g/mol. The molecule has 5 nitrogen and oxygen atoms in total. The van der Waals surface area contributed by atoms with Gasteiger partial charge in [-0.15, -0.1) is 0 Å². The predicted molar refractivity (Wildman–Crippen MR) is 55.4 cm³/mol. The summed E-state index contributed by atoms with van der Waals surface area (Å²) in [7, 11) is -4.13. The van der Waals surface area contributed by atoms with Gasteiger partial charge in [0.1, 0.15) is 6.17 Å². The number of hydrogen-bond acceptors (Lipinski definition) is 3. The number of hydrogen-bond donors (Lipinski definition) is 2. The molecule has 15 heavy (non-hydrogen) atoms.